The Hall–Kier alpha value is -3.70. The molecule has 4 aromatic rings. The molecule has 0 bridgehead atoms. The first-order chi connectivity index (χ1) is 13.8. The van der Waals surface area contributed by atoms with Crippen molar-refractivity contribution >= 4 is 5.65 Å². The molecule has 0 spiro atoms. The van der Waals surface area contributed by atoms with Crippen molar-refractivity contribution in [3.8, 4) is 28.8 Å². The molecule has 0 aliphatic carbocycles. The van der Waals surface area contributed by atoms with E-state index in [-0.39, 0.29) is 22.6 Å². The van der Waals surface area contributed by atoms with E-state index >= 15 is 0 Å². The zero-order valence-corrected chi connectivity index (χ0v) is 15.6. The average molecular weight is 391 g/mol. The minimum atomic E-state index is -1.35. The van der Waals surface area contributed by atoms with Gasteiger partial charge in [0.15, 0.2) is 17.3 Å². The highest BCUT2D eigenvalue weighted by Gasteiger charge is 2.24. The molecule has 0 radical (unpaired) electrons. The van der Waals surface area contributed by atoms with Gasteiger partial charge in [0.2, 0.25) is 0 Å². The lowest BCUT2D eigenvalue weighted by molar-refractivity contribution is 0.0746. The zero-order valence-electron chi connectivity index (χ0n) is 15.6. The van der Waals surface area contributed by atoms with E-state index in [9.17, 15) is 13.9 Å². The molecule has 0 unspecified atom stereocenters. The second-order valence-electron chi connectivity index (χ2n) is 7.01. The molecule has 3 heterocycles. The first-order valence-electron chi connectivity index (χ1n) is 8.71. The summed E-state index contributed by atoms with van der Waals surface area (Å²) in [5.41, 5.74) is 0.168. The van der Waals surface area contributed by atoms with Crippen molar-refractivity contribution in [2.75, 3.05) is 0 Å². The molecule has 1 N–H and O–H groups in total. The fourth-order valence-corrected chi connectivity index (χ4v) is 3.06. The van der Waals surface area contributed by atoms with Crippen molar-refractivity contribution in [2.45, 2.75) is 19.4 Å². The Labute approximate surface area is 164 Å². The molecule has 3 aromatic heterocycles. The van der Waals surface area contributed by atoms with Gasteiger partial charge in [0, 0.05) is 23.5 Å². The quantitative estimate of drug-likeness (QED) is 0.573. The normalized spacial score (nSPS) is 11.6. The Balaban J connectivity index is 1.82. The first kappa shape index (κ1) is 18.7. The molecule has 8 heteroatoms. The summed E-state index contributed by atoms with van der Waals surface area (Å²) in [6, 6.07) is 9.01. The van der Waals surface area contributed by atoms with E-state index in [2.05, 4.69) is 15.0 Å². The third-order valence-corrected chi connectivity index (χ3v) is 4.54. The summed E-state index contributed by atoms with van der Waals surface area (Å²) in [4.78, 5) is 12.7. The lowest BCUT2D eigenvalue weighted by Gasteiger charge is -2.18. The number of rotatable bonds is 3. The largest absolute Gasteiger partial charge is 0.386 e. The van der Waals surface area contributed by atoms with Crippen LogP contribution in [-0.4, -0.2) is 24.5 Å². The maximum atomic E-state index is 14.8. The number of aliphatic hydroxyl groups is 1. The smallest absolute Gasteiger partial charge is 0.174 e. The first-order valence-corrected chi connectivity index (χ1v) is 8.71. The van der Waals surface area contributed by atoms with Gasteiger partial charge in [0.05, 0.1) is 28.7 Å². The van der Waals surface area contributed by atoms with Gasteiger partial charge in [0.25, 0.3) is 0 Å². The van der Waals surface area contributed by atoms with Crippen molar-refractivity contribution in [1.29, 1.82) is 5.26 Å². The molecule has 0 fully saturated rings. The summed E-state index contributed by atoms with van der Waals surface area (Å²) in [7, 11) is 0. The molecule has 1 aromatic carbocycles. The van der Waals surface area contributed by atoms with Crippen molar-refractivity contribution in [3.63, 3.8) is 0 Å². The number of hydrogen-bond acceptors (Lipinski definition) is 5. The molecule has 4 rings (SSSR count). The SMILES string of the molecule is CC(C)(O)c1ccn2c(-c3ccnc(-c4ccc(C#N)c(F)c4)n3)cnc2c1F. The highest BCUT2D eigenvalue weighted by Crippen LogP contribution is 2.28. The van der Waals surface area contributed by atoms with Crippen LogP contribution in [0.1, 0.15) is 25.0 Å². The predicted octanol–water partition coefficient (Wildman–Crippen LogP) is 3.84. The van der Waals surface area contributed by atoms with Crippen molar-refractivity contribution in [1.82, 2.24) is 19.4 Å². The summed E-state index contributed by atoms with van der Waals surface area (Å²) in [5, 5.41) is 19.0. The summed E-state index contributed by atoms with van der Waals surface area (Å²) < 4.78 is 30.3. The van der Waals surface area contributed by atoms with Gasteiger partial charge in [-0.25, -0.2) is 23.7 Å². The van der Waals surface area contributed by atoms with Crippen LogP contribution in [0.15, 0.2) is 48.9 Å². The predicted molar refractivity (Wildman–Crippen MR) is 102 cm³/mol. The molecule has 0 amide bonds. The second-order valence-corrected chi connectivity index (χ2v) is 7.01. The van der Waals surface area contributed by atoms with Crippen LogP contribution < -0.4 is 0 Å². The summed E-state index contributed by atoms with van der Waals surface area (Å²) in [5.74, 6) is -1.01. The van der Waals surface area contributed by atoms with Crippen molar-refractivity contribution in [2.24, 2.45) is 0 Å². The molecule has 0 aliphatic rings. The number of nitrogens with zero attached hydrogens (tertiary/aromatic N) is 5. The molecule has 6 nitrogen and oxygen atoms in total. The third kappa shape index (κ3) is 3.22. The van der Waals surface area contributed by atoms with E-state index in [0.717, 1.165) is 0 Å². The highest BCUT2D eigenvalue weighted by atomic mass is 19.1. The monoisotopic (exact) mass is 391 g/mol. The van der Waals surface area contributed by atoms with E-state index in [1.54, 1.807) is 24.4 Å². The second kappa shape index (κ2) is 6.72. The lowest BCUT2D eigenvalue weighted by atomic mass is 9.99. The van der Waals surface area contributed by atoms with E-state index < -0.39 is 17.2 Å². The highest BCUT2D eigenvalue weighted by molar-refractivity contribution is 5.65. The molecule has 0 saturated carbocycles. The van der Waals surface area contributed by atoms with Crippen LogP contribution in [0.5, 0.6) is 0 Å². The fraction of sp³-hybridized carbons (Fsp3) is 0.143. The maximum Gasteiger partial charge on any atom is 0.174 e. The summed E-state index contributed by atoms with van der Waals surface area (Å²) in [6.07, 6.45) is 4.59. The van der Waals surface area contributed by atoms with Gasteiger partial charge < -0.3 is 5.11 Å². The Bertz CT molecular complexity index is 1280. The average Bonchev–Trinajstić information content (AvgIpc) is 3.12. The van der Waals surface area contributed by atoms with Crippen molar-refractivity contribution in [3.05, 3.63) is 71.7 Å². The van der Waals surface area contributed by atoms with Crippen molar-refractivity contribution < 1.29 is 13.9 Å². The number of hydrogen-bond donors (Lipinski definition) is 1. The number of imidazole rings is 1. The van der Waals surface area contributed by atoms with E-state index in [4.69, 9.17) is 5.26 Å². The summed E-state index contributed by atoms with van der Waals surface area (Å²) in [6.45, 7) is 3.00. The van der Waals surface area contributed by atoms with Crippen LogP contribution in [-0.2, 0) is 5.60 Å². The zero-order chi connectivity index (χ0) is 20.8. The standard InChI is InChI=1S/C21H15F2N5O/c1-21(2,29)14-6-8-28-17(11-26-20(28)18(14)23)16-5-7-25-19(27-16)12-3-4-13(10-24)15(22)9-12/h3-9,11,29H,1-2H3. The van der Waals surface area contributed by atoms with Crippen LogP contribution in [0.3, 0.4) is 0 Å². The maximum absolute atomic E-state index is 14.8. The Morgan fingerprint density at radius 2 is 1.93 bits per heavy atom. The fourth-order valence-electron chi connectivity index (χ4n) is 3.06. The van der Waals surface area contributed by atoms with E-state index in [0.29, 0.717) is 17.0 Å². The third-order valence-electron chi connectivity index (χ3n) is 4.54. The summed E-state index contributed by atoms with van der Waals surface area (Å²) >= 11 is 0. The minimum Gasteiger partial charge on any atom is -0.386 e. The number of fused-ring (bicyclic) bond motifs is 1. The minimum absolute atomic E-state index is 0.0594. The molecule has 0 aliphatic heterocycles. The molecule has 0 saturated heterocycles. The van der Waals surface area contributed by atoms with Gasteiger partial charge >= 0.3 is 0 Å². The number of benzene rings is 1. The molecular weight excluding hydrogens is 376 g/mol. The topological polar surface area (TPSA) is 87.1 Å². The number of aromatic nitrogens is 4. The van der Waals surface area contributed by atoms with Gasteiger partial charge in [-0.2, -0.15) is 5.26 Å². The molecule has 29 heavy (non-hydrogen) atoms. The van der Waals surface area contributed by atoms with Crippen LogP contribution in [0.4, 0.5) is 8.78 Å². The lowest BCUT2D eigenvalue weighted by Crippen LogP contribution is -2.18. The Morgan fingerprint density at radius 1 is 1.14 bits per heavy atom. The van der Waals surface area contributed by atoms with Crippen LogP contribution >= 0.6 is 0 Å². The van der Waals surface area contributed by atoms with Gasteiger partial charge in [-0.05, 0) is 44.2 Å². The Kier molecular flexibility index (Phi) is 4.32. The van der Waals surface area contributed by atoms with Gasteiger partial charge in [-0.15, -0.1) is 0 Å². The Morgan fingerprint density at radius 3 is 2.62 bits per heavy atom. The number of halogens is 2. The molecule has 0 atom stereocenters. The molecule has 144 valence electrons. The van der Waals surface area contributed by atoms with E-state index in [1.807, 2.05) is 0 Å². The van der Waals surface area contributed by atoms with Crippen LogP contribution in [0, 0.1) is 23.0 Å². The number of nitriles is 1. The van der Waals surface area contributed by atoms with Crippen LogP contribution in [0.25, 0.3) is 28.4 Å². The van der Waals surface area contributed by atoms with Gasteiger partial charge in [-0.1, -0.05) is 0 Å². The van der Waals surface area contributed by atoms with Crippen LogP contribution in [0.2, 0.25) is 0 Å². The van der Waals surface area contributed by atoms with E-state index in [1.165, 1.54) is 48.8 Å². The molecular formula is C21H15F2N5O. The van der Waals surface area contributed by atoms with Gasteiger partial charge in [-0.3, -0.25) is 4.40 Å². The van der Waals surface area contributed by atoms with Gasteiger partial charge in [0.1, 0.15) is 11.9 Å². The number of pyridine rings is 1.